The standard InChI is InChI=1S/C15H28N2S/c1-8-9-16-12(15(5,6)7)13-17-11(10-18-13)14(2,3)4/h10,12,16H,8-9H2,1-7H3. The highest BCUT2D eigenvalue weighted by Crippen LogP contribution is 2.36. The molecule has 18 heavy (non-hydrogen) atoms. The number of hydrogen-bond donors (Lipinski definition) is 1. The Morgan fingerprint density at radius 1 is 1.22 bits per heavy atom. The molecule has 0 radical (unpaired) electrons. The molecular formula is C15H28N2S. The lowest BCUT2D eigenvalue weighted by molar-refractivity contribution is 0.272. The van der Waals surface area contributed by atoms with E-state index in [0.717, 1.165) is 13.0 Å². The van der Waals surface area contributed by atoms with Crippen molar-refractivity contribution in [3.8, 4) is 0 Å². The summed E-state index contributed by atoms with van der Waals surface area (Å²) in [5, 5.41) is 7.07. The number of hydrogen-bond acceptors (Lipinski definition) is 3. The van der Waals surface area contributed by atoms with Gasteiger partial charge in [-0.2, -0.15) is 0 Å². The second-order valence-corrected chi connectivity index (χ2v) is 7.96. The summed E-state index contributed by atoms with van der Waals surface area (Å²) in [7, 11) is 0. The van der Waals surface area contributed by atoms with Gasteiger partial charge in [0.2, 0.25) is 0 Å². The van der Waals surface area contributed by atoms with Crippen LogP contribution < -0.4 is 5.32 Å². The molecule has 0 bridgehead atoms. The summed E-state index contributed by atoms with van der Waals surface area (Å²) in [6, 6.07) is 0.346. The van der Waals surface area contributed by atoms with E-state index in [1.54, 1.807) is 11.3 Å². The predicted octanol–water partition coefficient (Wildman–Crippen LogP) is 4.53. The van der Waals surface area contributed by atoms with Crippen LogP contribution in [0.2, 0.25) is 0 Å². The third-order valence-electron chi connectivity index (χ3n) is 3.00. The van der Waals surface area contributed by atoms with Gasteiger partial charge in [-0.3, -0.25) is 0 Å². The Balaban J connectivity index is 2.96. The average molecular weight is 268 g/mol. The molecule has 3 heteroatoms. The van der Waals surface area contributed by atoms with Crippen LogP contribution in [-0.4, -0.2) is 11.5 Å². The van der Waals surface area contributed by atoms with Crippen LogP contribution >= 0.6 is 11.3 Å². The molecule has 0 spiro atoms. The Morgan fingerprint density at radius 2 is 1.83 bits per heavy atom. The first-order chi connectivity index (χ1) is 8.16. The van der Waals surface area contributed by atoms with Crippen LogP contribution in [0, 0.1) is 5.41 Å². The maximum absolute atomic E-state index is 4.86. The van der Waals surface area contributed by atoms with Gasteiger partial charge in [-0.15, -0.1) is 11.3 Å². The van der Waals surface area contributed by atoms with E-state index in [2.05, 4.69) is 59.2 Å². The predicted molar refractivity (Wildman–Crippen MR) is 81.3 cm³/mol. The van der Waals surface area contributed by atoms with Gasteiger partial charge in [0.05, 0.1) is 11.7 Å². The van der Waals surface area contributed by atoms with E-state index in [-0.39, 0.29) is 10.8 Å². The summed E-state index contributed by atoms with van der Waals surface area (Å²) < 4.78 is 0. The van der Waals surface area contributed by atoms with Crippen LogP contribution in [0.15, 0.2) is 5.38 Å². The average Bonchev–Trinajstić information content (AvgIpc) is 2.64. The highest BCUT2D eigenvalue weighted by Gasteiger charge is 2.29. The minimum atomic E-state index is 0.141. The van der Waals surface area contributed by atoms with Crippen molar-refractivity contribution < 1.29 is 0 Å². The van der Waals surface area contributed by atoms with Gasteiger partial charge < -0.3 is 5.32 Å². The molecule has 0 aliphatic rings. The van der Waals surface area contributed by atoms with E-state index in [1.165, 1.54) is 10.7 Å². The number of nitrogens with one attached hydrogen (secondary N) is 1. The van der Waals surface area contributed by atoms with E-state index in [0.29, 0.717) is 6.04 Å². The van der Waals surface area contributed by atoms with Crippen molar-refractivity contribution in [1.82, 2.24) is 10.3 Å². The molecule has 0 aromatic carbocycles. The Bertz CT molecular complexity index is 369. The Kier molecular flexibility index (Phi) is 4.96. The number of thiazole rings is 1. The second-order valence-electron chi connectivity index (χ2n) is 7.07. The van der Waals surface area contributed by atoms with E-state index in [4.69, 9.17) is 4.98 Å². The quantitative estimate of drug-likeness (QED) is 0.868. The van der Waals surface area contributed by atoms with Gasteiger partial charge in [0, 0.05) is 10.8 Å². The first-order valence-electron chi connectivity index (χ1n) is 6.85. The van der Waals surface area contributed by atoms with E-state index in [1.807, 2.05) is 0 Å². The molecule has 0 fully saturated rings. The van der Waals surface area contributed by atoms with E-state index < -0.39 is 0 Å². The van der Waals surface area contributed by atoms with Gasteiger partial charge in [0.1, 0.15) is 5.01 Å². The lowest BCUT2D eigenvalue weighted by Gasteiger charge is -2.30. The monoisotopic (exact) mass is 268 g/mol. The molecule has 0 amide bonds. The molecule has 1 aromatic rings. The van der Waals surface area contributed by atoms with Crippen molar-refractivity contribution >= 4 is 11.3 Å². The zero-order valence-electron chi connectivity index (χ0n) is 12.9. The molecule has 0 aliphatic heterocycles. The summed E-state index contributed by atoms with van der Waals surface area (Å²) in [6.45, 7) is 16.7. The third-order valence-corrected chi connectivity index (χ3v) is 3.91. The minimum Gasteiger partial charge on any atom is -0.308 e. The smallest absolute Gasteiger partial charge is 0.110 e. The lowest BCUT2D eigenvalue weighted by atomic mass is 9.86. The molecule has 0 aliphatic carbocycles. The van der Waals surface area contributed by atoms with Crippen molar-refractivity contribution in [2.24, 2.45) is 5.41 Å². The molecule has 1 N–H and O–H groups in total. The van der Waals surface area contributed by atoms with Gasteiger partial charge in [-0.1, -0.05) is 48.5 Å². The number of rotatable bonds is 4. The molecular weight excluding hydrogens is 240 g/mol. The van der Waals surface area contributed by atoms with Crippen LogP contribution in [0.5, 0.6) is 0 Å². The molecule has 0 saturated heterocycles. The highest BCUT2D eigenvalue weighted by atomic mass is 32.1. The molecule has 1 atom stereocenters. The summed E-state index contributed by atoms with van der Waals surface area (Å²) in [6.07, 6.45) is 1.16. The first kappa shape index (κ1) is 15.6. The summed E-state index contributed by atoms with van der Waals surface area (Å²) >= 11 is 1.79. The summed E-state index contributed by atoms with van der Waals surface area (Å²) in [4.78, 5) is 4.86. The minimum absolute atomic E-state index is 0.141. The molecule has 0 saturated carbocycles. The third kappa shape index (κ3) is 4.06. The van der Waals surface area contributed by atoms with Gasteiger partial charge >= 0.3 is 0 Å². The van der Waals surface area contributed by atoms with Crippen molar-refractivity contribution in [2.75, 3.05) is 6.54 Å². The Labute approximate surface area is 116 Å². The normalized spacial score (nSPS) is 14.8. The van der Waals surface area contributed by atoms with Crippen LogP contribution in [0.4, 0.5) is 0 Å². The van der Waals surface area contributed by atoms with E-state index >= 15 is 0 Å². The largest absolute Gasteiger partial charge is 0.308 e. The molecule has 1 aromatic heterocycles. The molecule has 104 valence electrons. The topological polar surface area (TPSA) is 24.9 Å². The second kappa shape index (κ2) is 5.70. The van der Waals surface area contributed by atoms with Crippen molar-refractivity contribution in [3.63, 3.8) is 0 Å². The van der Waals surface area contributed by atoms with Gasteiger partial charge in [-0.05, 0) is 18.4 Å². The van der Waals surface area contributed by atoms with Crippen molar-refractivity contribution in [1.29, 1.82) is 0 Å². The molecule has 2 nitrogen and oxygen atoms in total. The number of aromatic nitrogens is 1. The highest BCUT2D eigenvalue weighted by molar-refractivity contribution is 7.09. The van der Waals surface area contributed by atoms with Crippen LogP contribution in [0.25, 0.3) is 0 Å². The lowest BCUT2D eigenvalue weighted by Crippen LogP contribution is -2.33. The summed E-state index contributed by atoms with van der Waals surface area (Å²) in [5.74, 6) is 0. The van der Waals surface area contributed by atoms with Crippen LogP contribution in [0.3, 0.4) is 0 Å². The SMILES string of the molecule is CCCNC(c1nc(C(C)(C)C)cs1)C(C)(C)C. The Hall–Kier alpha value is -0.410. The van der Waals surface area contributed by atoms with E-state index in [9.17, 15) is 0 Å². The maximum atomic E-state index is 4.86. The zero-order valence-corrected chi connectivity index (χ0v) is 13.7. The van der Waals surface area contributed by atoms with Gasteiger partial charge in [-0.25, -0.2) is 4.98 Å². The van der Waals surface area contributed by atoms with Gasteiger partial charge in [0.15, 0.2) is 0 Å². The van der Waals surface area contributed by atoms with Gasteiger partial charge in [0.25, 0.3) is 0 Å². The van der Waals surface area contributed by atoms with Crippen LogP contribution in [0.1, 0.15) is 71.6 Å². The number of nitrogens with zero attached hydrogens (tertiary/aromatic N) is 1. The zero-order chi connectivity index (χ0) is 14.0. The molecule has 1 unspecified atom stereocenters. The molecule has 1 rings (SSSR count). The fourth-order valence-corrected chi connectivity index (χ4v) is 3.18. The van der Waals surface area contributed by atoms with Crippen molar-refractivity contribution in [2.45, 2.75) is 66.3 Å². The molecule has 1 heterocycles. The van der Waals surface area contributed by atoms with Crippen molar-refractivity contribution in [3.05, 3.63) is 16.1 Å². The fourth-order valence-electron chi connectivity index (χ4n) is 1.82. The maximum Gasteiger partial charge on any atom is 0.110 e. The Morgan fingerprint density at radius 3 is 2.22 bits per heavy atom. The van der Waals surface area contributed by atoms with Crippen LogP contribution in [-0.2, 0) is 5.41 Å². The summed E-state index contributed by atoms with van der Waals surface area (Å²) in [5.41, 5.74) is 1.54. The first-order valence-corrected chi connectivity index (χ1v) is 7.73. The fraction of sp³-hybridized carbons (Fsp3) is 0.800.